The number of H-pyrrole nitrogens is 1. The van der Waals surface area contributed by atoms with Crippen LogP contribution in [0.3, 0.4) is 0 Å². The highest BCUT2D eigenvalue weighted by Gasteiger charge is 2.23. The lowest BCUT2D eigenvalue weighted by Gasteiger charge is -2.34. The van der Waals surface area contributed by atoms with Gasteiger partial charge < -0.3 is 9.88 Å². The minimum atomic E-state index is -0.224. The number of piperazine rings is 1. The first-order chi connectivity index (χ1) is 11.5. The lowest BCUT2D eigenvalue weighted by molar-refractivity contribution is 0.0627. The molecule has 0 saturated carbocycles. The van der Waals surface area contributed by atoms with Crippen molar-refractivity contribution in [1.29, 1.82) is 0 Å². The summed E-state index contributed by atoms with van der Waals surface area (Å²) in [7, 11) is 0. The van der Waals surface area contributed by atoms with E-state index in [0.29, 0.717) is 13.1 Å². The van der Waals surface area contributed by atoms with E-state index in [4.69, 9.17) is 11.6 Å². The van der Waals surface area contributed by atoms with Crippen LogP contribution in [-0.4, -0.2) is 46.9 Å². The molecule has 3 rings (SSSR count). The summed E-state index contributed by atoms with van der Waals surface area (Å²) in [4.78, 5) is 31.5. The van der Waals surface area contributed by atoms with Gasteiger partial charge in [-0.1, -0.05) is 23.7 Å². The third-order valence-corrected chi connectivity index (χ3v) is 4.48. The minimum absolute atomic E-state index is 0.196. The van der Waals surface area contributed by atoms with Crippen molar-refractivity contribution in [2.45, 2.75) is 13.5 Å². The summed E-state index contributed by atoms with van der Waals surface area (Å²) < 4.78 is 0. The Morgan fingerprint density at radius 1 is 1.21 bits per heavy atom. The van der Waals surface area contributed by atoms with Gasteiger partial charge >= 0.3 is 0 Å². The Morgan fingerprint density at radius 3 is 2.62 bits per heavy atom. The summed E-state index contributed by atoms with van der Waals surface area (Å²) in [6.45, 7) is 5.40. The van der Waals surface area contributed by atoms with Crippen molar-refractivity contribution in [2.24, 2.45) is 0 Å². The molecule has 0 spiro atoms. The monoisotopic (exact) mass is 345 g/mol. The summed E-state index contributed by atoms with van der Waals surface area (Å²) in [6, 6.07) is 9.28. The Hall–Kier alpha value is -2.11. The number of amides is 1. The lowest BCUT2D eigenvalue weighted by atomic mass is 10.1. The Balaban J connectivity index is 1.60. The molecule has 126 valence electrons. The SMILES string of the molecule is Cc1cc(=O)c(C(=O)N2CCN(Cc3cccc(Cl)c3)CC2)c[nH]1. The number of nitrogens with one attached hydrogen (secondary N) is 1. The molecule has 1 aliphatic rings. The zero-order valence-electron chi connectivity index (χ0n) is 13.6. The molecule has 1 fully saturated rings. The number of benzene rings is 1. The van der Waals surface area contributed by atoms with Crippen LogP contribution in [0.15, 0.2) is 41.3 Å². The third-order valence-electron chi connectivity index (χ3n) is 4.24. The van der Waals surface area contributed by atoms with Crippen molar-refractivity contribution in [2.75, 3.05) is 26.2 Å². The van der Waals surface area contributed by atoms with Crippen LogP contribution in [0.4, 0.5) is 0 Å². The Labute approximate surface area is 145 Å². The maximum Gasteiger partial charge on any atom is 0.259 e. The Kier molecular flexibility index (Phi) is 5.02. The van der Waals surface area contributed by atoms with Gasteiger partial charge in [0.05, 0.1) is 0 Å². The summed E-state index contributed by atoms with van der Waals surface area (Å²) in [6.07, 6.45) is 1.51. The number of pyridine rings is 1. The van der Waals surface area contributed by atoms with Crippen LogP contribution in [0.25, 0.3) is 0 Å². The smallest absolute Gasteiger partial charge is 0.259 e. The highest BCUT2D eigenvalue weighted by Crippen LogP contribution is 2.14. The highest BCUT2D eigenvalue weighted by atomic mass is 35.5. The highest BCUT2D eigenvalue weighted by molar-refractivity contribution is 6.30. The van der Waals surface area contributed by atoms with E-state index in [1.54, 1.807) is 11.8 Å². The first-order valence-electron chi connectivity index (χ1n) is 7.98. The normalized spacial score (nSPS) is 15.5. The largest absolute Gasteiger partial charge is 0.364 e. The van der Waals surface area contributed by atoms with Gasteiger partial charge in [0.15, 0.2) is 5.43 Å². The minimum Gasteiger partial charge on any atom is -0.364 e. The number of aromatic nitrogens is 1. The molecule has 0 atom stereocenters. The van der Waals surface area contributed by atoms with E-state index in [2.05, 4.69) is 16.0 Å². The molecule has 0 unspecified atom stereocenters. The topological polar surface area (TPSA) is 56.4 Å². The average molecular weight is 346 g/mol. The molecule has 0 bridgehead atoms. The van der Waals surface area contributed by atoms with Gasteiger partial charge in [0.25, 0.3) is 5.91 Å². The molecule has 1 amide bonds. The molecule has 0 radical (unpaired) electrons. The van der Waals surface area contributed by atoms with Crippen molar-refractivity contribution < 1.29 is 4.79 Å². The van der Waals surface area contributed by atoms with E-state index in [9.17, 15) is 9.59 Å². The van der Waals surface area contributed by atoms with Crippen molar-refractivity contribution in [3.63, 3.8) is 0 Å². The predicted octanol–water partition coefficient (Wildman–Crippen LogP) is 2.29. The standard InChI is InChI=1S/C18H20ClN3O2/c1-13-9-17(23)16(11-20-13)18(24)22-7-5-21(6-8-22)12-14-3-2-4-15(19)10-14/h2-4,9-11H,5-8,12H2,1H3,(H,20,23). The van der Waals surface area contributed by atoms with Crippen LogP contribution in [0.1, 0.15) is 21.6 Å². The van der Waals surface area contributed by atoms with E-state index >= 15 is 0 Å². The van der Waals surface area contributed by atoms with Gasteiger partial charge in [-0.3, -0.25) is 14.5 Å². The van der Waals surface area contributed by atoms with E-state index in [0.717, 1.165) is 35.9 Å². The number of hydrogen-bond acceptors (Lipinski definition) is 3. The zero-order valence-corrected chi connectivity index (χ0v) is 14.3. The van der Waals surface area contributed by atoms with E-state index in [-0.39, 0.29) is 16.9 Å². The zero-order chi connectivity index (χ0) is 17.1. The van der Waals surface area contributed by atoms with Crippen molar-refractivity contribution in [3.8, 4) is 0 Å². The van der Waals surface area contributed by atoms with Crippen LogP contribution < -0.4 is 5.43 Å². The summed E-state index contributed by atoms with van der Waals surface area (Å²) in [5, 5.41) is 0.736. The maximum absolute atomic E-state index is 12.5. The van der Waals surface area contributed by atoms with Gasteiger partial charge in [0.1, 0.15) is 5.56 Å². The number of halogens is 1. The lowest BCUT2D eigenvalue weighted by Crippen LogP contribution is -2.49. The molecule has 5 nitrogen and oxygen atoms in total. The fourth-order valence-corrected chi connectivity index (χ4v) is 3.13. The Bertz CT molecular complexity index is 795. The number of carbonyl (C=O) groups is 1. The van der Waals surface area contributed by atoms with Crippen LogP contribution >= 0.6 is 11.6 Å². The van der Waals surface area contributed by atoms with Gasteiger partial charge in [-0.2, -0.15) is 0 Å². The van der Waals surface area contributed by atoms with Gasteiger partial charge in [-0.25, -0.2) is 0 Å². The quantitative estimate of drug-likeness (QED) is 0.928. The molecule has 1 N–H and O–H groups in total. The molecule has 1 aromatic carbocycles. The number of nitrogens with zero attached hydrogens (tertiary/aromatic N) is 2. The second-order valence-electron chi connectivity index (χ2n) is 6.09. The van der Waals surface area contributed by atoms with Crippen LogP contribution in [0, 0.1) is 6.92 Å². The molecule has 24 heavy (non-hydrogen) atoms. The molecule has 1 aliphatic heterocycles. The first kappa shape index (κ1) is 16.7. The van der Waals surface area contributed by atoms with Crippen LogP contribution in [-0.2, 0) is 6.54 Å². The van der Waals surface area contributed by atoms with Gasteiger partial charge in [-0.15, -0.1) is 0 Å². The van der Waals surface area contributed by atoms with Gasteiger partial charge in [-0.05, 0) is 24.6 Å². The van der Waals surface area contributed by atoms with Crippen molar-refractivity contribution in [3.05, 3.63) is 68.6 Å². The second kappa shape index (κ2) is 7.20. The van der Waals surface area contributed by atoms with Crippen LogP contribution in [0.5, 0.6) is 0 Å². The average Bonchev–Trinajstić information content (AvgIpc) is 2.55. The number of hydrogen-bond donors (Lipinski definition) is 1. The summed E-state index contributed by atoms with van der Waals surface area (Å²) >= 11 is 6.02. The summed E-state index contributed by atoms with van der Waals surface area (Å²) in [5.41, 5.74) is 1.90. The summed E-state index contributed by atoms with van der Waals surface area (Å²) in [5.74, 6) is -0.196. The fraction of sp³-hybridized carbons (Fsp3) is 0.333. The maximum atomic E-state index is 12.5. The molecule has 2 heterocycles. The number of aromatic amines is 1. The van der Waals surface area contributed by atoms with Gasteiger partial charge in [0.2, 0.25) is 0 Å². The Morgan fingerprint density at radius 2 is 1.96 bits per heavy atom. The van der Waals surface area contributed by atoms with Gasteiger partial charge in [0, 0.05) is 55.7 Å². The van der Waals surface area contributed by atoms with E-state index < -0.39 is 0 Å². The molecular formula is C18H20ClN3O2. The third kappa shape index (κ3) is 3.86. The van der Waals surface area contributed by atoms with E-state index in [1.807, 2.05) is 18.2 Å². The number of aryl methyl sites for hydroxylation is 1. The van der Waals surface area contributed by atoms with Crippen molar-refractivity contribution in [1.82, 2.24) is 14.8 Å². The van der Waals surface area contributed by atoms with E-state index in [1.165, 1.54) is 12.3 Å². The first-order valence-corrected chi connectivity index (χ1v) is 8.36. The number of rotatable bonds is 3. The molecular weight excluding hydrogens is 326 g/mol. The predicted molar refractivity (Wildman–Crippen MR) is 94.4 cm³/mol. The fourth-order valence-electron chi connectivity index (χ4n) is 2.91. The molecule has 1 aromatic heterocycles. The molecule has 0 aliphatic carbocycles. The molecule has 6 heteroatoms. The molecule has 2 aromatic rings. The second-order valence-corrected chi connectivity index (χ2v) is 6.53. The van der Waals surface area contributed by atoms with Crippen LogP contribution in [0.2, 0.25) is 5.02 Å². The van der Waals surface area contributed by atoms with Crippen molar-refractivity contribution >= 4 is 17.5 Å². The molecule has 1 saturated heterocycles. The number of carbonyl (C=O) groups excluding carboxylic acids is 1.